The molecule has 0 saturated heterocycles. The second-order valence-corrected chi connectivity index (χ2v) is 14.9. The third kappa shape index (κ3) is 2.90. The number of hydrogen-bond donors (Lipinski definition) is 0. The van der Waals surface area contributed by atoms with Crippen LogP contribution < -0.4 is 0 Å². The van der Waals surface area contributed by atoms with Crippen LogP contribution in [-0.2, 0) is 10.8 Å². The summed E-state index contributed by atoms with van der Waals surface area (Å²) in [5.74, 6) is 0. The van der Waals surface area contributed by atoms with E-state index in [4.69, 9.17) is 8.83 Å². The standard InChI is InChI=1S/C47H30O2/c1-46(2)36-15-7-4-13-33(36)40-26(14-10-16-37(40)46)25-23-34-29-19-21-31-27-11-5-8-17-38(27)48-44(31)42(29)47(3)41(34)35(24-25)30-20-22-32-28-12-6-9-18-39(28)49-45(32)43(30)47/h4-24H,1-3H3. The Morgan fingerprint density at radius 1 is 0.408 bits per heavy atom. The Hall–Kier alpha value is -5.86. The van der Waals surface area contributed by atoms with E-state index in [1.807, 2.05) is 0 Å². The maximum absolute atomic E-state index is 6.84. The highest BCUT2D eigenvalue weighted by Crippen LogP contribution is 2.66. The first-order valence-corrected chi connectivity index (χ1v) is 17.3. The van der Waals surface area contributed by atoms with Crippen LogP contribution in [0.3, 0.4) is 0 Å². The summed E-state index contributed by atoms with van der Waals surface area (Å²) in [5, 5.41) is 4.63. The molecule has 0 amide bonds. The average molecular weight is 627 g/mol. The monoisotopic (exact) mass is 626 g/mol. The molecule has 2 nitrogen and oxygen atoms in total. The Kier molecular flexibility index (Phi) is 4.48. The molecule has 0 saturated carbocycles. The van der Waals surface area contributed by atoms with Crippen LogP contribution in [-0.4, -0.2) is 0 Å². The third-order valence-electron chi connectivity index (χ3n) is 12.2. The Bertz CT molecular complexity index is 2840. The van der Waals surface area contributed by atoms with Gasteiger partial charge in [-0.25, -0.2) is 0 Å². The SMILES string of the molecule is CC1(C)c2ccccc2-c2c(-c3cc4c5c(c3)-c3ccc6c(oc7ccccc76)c3C5(C)c3c-4ccc4c3oc3ccccc34)cccc21. The topological polar surface area (TPSA) is 26.3 Å². The van der Waals surface area contributed by atoms with Gasteiger partial charge in [0.15, 0.2) is 0 Å². The maximum Gasteiger partial charge on any atom is 0.140 e. The van der Waals surface area contributed by atoms with E-state index in [9.17, 15) is 0 Å². The molecule has 0 N–H and O–H groups in total. The first-order chi connectivity index (χ1) is 23.9. The fourth-order valence-corrected chi connectivity index (χ4v) is 10.2. The molecule has 0 fully saturated rings. The van der Waals surface area contributed by atoms with E-state index >= 15 is 0 Å². The minimum absolute atomic E-state index is 0.0625. The van der Waals surface area contributed by atoms with Gasteiger partial charge >= 0.3 is 0 Å². The van der Waals surface area contributed by atoms with Gasteiger partial charge in [0.25, 0.3) is 0 Å². The molecule has 230 valence electrons. The van der Waals surface area contributed by atoms with Crippen molar-refractivity contribution in [3.05, 3.63) is 155 Å². The molecule has 0 radical (unpaired) electrons. The zero-order valence-electron chi connectivity index (χ0n) is 27.4. The Balaban J connectivity index is 1.24. The van der Waals surface area contributed by atoms with Crippen molar-refractivity contribution in [2.75, 3.05) is 0 Å². The molecule has 2 aromatic heterocycles. The fraction of sp³-hybridized carbons (Fsp3) is 0.106. The Morgan fingerprint density at radius 3 is 1.57 bits per heavy atom. The Morgan fingerprint density at radius 2 is 0.939 bits per heavy atom. The number of rotatable bonds is 1. The molecule has 49 heavy (non-hydrogen) atoms. The van der Waals surface area contributed by atoms with Gasteiger partial charge in [-0.15, -0.1) is 0 Å². The van der Waals surface area contributed by atoms with E-state index in [2.05, 4.69) is 148 Å². The highest BCUT2D eigenvalue weighted by atomic mass is 16.3. The van der Waals surface area contributed by atoms with Crippen molar-refractivity contribution >= 4 is 43.9 Å². The van der Waals surface area contributed by atoms with Gasteiger partial charge in [-0.3, -0.25) is 0 Å². The molecule has 2 heteroatoms. The van der Waals surface area contributed by atoms with Gasteiger partial charge in [0.2, 0.25) is 0 Å². The lowest BCUT2D eigenvalue weighted by atomic mass is 9.76. The molecular formula is C47H30O2. The average Bonchev–Trinajstić information content (AvgIpc) is 3.88. The number of hydrogen-bond acceptors (Lipinski definition) is 2. The lowest BCUT2D eigenvalue weighted by molar-refractivity contribution is 0.629. The second-order valence-electron chi connectivity index (χ2n) is 14.9. The van der Waals surface area contributed by atoms with Crippen LogP contribution in [0, 0.1) is 0 Å². The van der Waals surface area contributed by atoms with Crippen molar-refractivity contribution in [2.24, 2.45) is 0 Å². The molecule has 3 aliphatic rings. The summed E-state index contributed by atoms with van der Waals surface area (Å²) in [6, 6.07) is 46.9. The number of benzene rings is 7. The van der Waals surface area contributed by atoms with Crippen LogP contribution in [0.15, 0.2) is 136 Å². The lowest BCUT2D eigenvalue weighted by Gasteiger charge is -2.24. The normalized spacial score (nSPS) is 15.6. The molecule has 2 heterocycles. The predicted molar refractivity (Wildman–Crippen MR) is 200 cm³/mol. The smallest absolute Gasteiger partial charge is 0.140 e. The molecule has 12 rings (SSSR count). The van der Waals surface area contributed by atoms with Crippen LogP contribution in [0.2, 0.25) is 0 Å². The van der Waals surface area contributed by atoms with Crippen molar-refractivity contribution in [3.63, 3.8) is 0 Å². The van der Waals surface area contributed by atoms with Crippen molar-refractivity contribution in [3.8, 4) is 44.5 Å². The summed E-state index contributed by atoms with van der Waals surface area (Å²) in [6.45, 7) is 7.13. The highest BCUT2D eigenvalue weighted by molar-refractivity contribution is 6.15. The van der Waals surface area contributed by atoms with Crippen LogP contribution in [0.4, 0.5) is 0 Å². The summed E-state index contributed by atoms with van der Waals surface area (Å²) in [4.78, 5) is 0. The highest BCUT2D eigenvalue weighted by Gasteiger charge is 2.52. The first kappa shape index (κ1) is 26.1. The van der Waals surface area contributed by atoms with Gasteiger partial charge in [-0.2, -0.15) is 0 Å². The molecule has 0 bridgehead atoms. The van der Waals surface area contributed by atoms with E-state index in [1.165, 1.54) is 72.3 Å². The van der Waals surface area contributed by atoms with E-state index in [1.54, 1.807) is 0 Å². The zero-order chi connectivity index (χ0) is 32.4. The molecule has 0 atom stereocenters. The van der Waals surface area contributed by atoms with Crippen LogP contribution in [0.5, 0.6) is 0 Å². The first-order valence-electron chi connectivity index (χ1n) is 17.3. The van der Waals surface area contributed by atoms with Gasteiger partial charge < -0.3 is 8.83 Å². The second kappa shape index (κ2) is 8.40. The zero-order valence-corrected chi connectivity index (χ0v) is 27.4. The Labute approximate surface area is 283 Å². The van der Waals surface area contributed by atoms with Crippen LogP contribution in [0.25, 0.3) is 88.4 Å². The fourth-order valence-electron chi connectivity index (χ4n) is 10.2. The molecule has 9 aromatic rings. The lowest BCUT2D eigenvalue weighted by Crippen LogP contribution is -2.20. The summed E-state index contributed by atoms with van der Waals surface area (Å²) in [5.41, 5.74) is 20.2. The largest absolute Gasteiger partial charge is 0.456 e. The predicted octanol–water partition coefficient (Wildman–Crippen LogP) is 12.8. The third-order valence-corrected chi connectivity index (χ3v) is 12.2. The molecule has 0 spiro atoms. The van der Waals surface area contributed by atoms with Crippen molar-refractivity contribution < 1.29 is 8.83 Å². The summed E-state index contributed by atoms with van der Waals surface area (Å²) >= 11 is 0. The van der Waals surface area contributed by atoms with E-state index in [0.29, 0.717) is 0 Å². The molecule has 3 aliphatic carbocycles. The molecule has 0 unspecified atom stereocenters. The van der Waals surface area contributed by atoms with Crippen molar-refractivity contribution in [1.82, 2.24) is 0 Å². The van der Waals surface area contributed by atoms with E-state index < -0.39 is 5.41 Å². The quantitative estimate of drug-likeness (QED) is 0.181. The molecule has 7 aromatic carbocycles. The number of para-hydroxylation sites is 2. The van der Waals surface area contributed by atoms with Gasteiger partial charge in [-0.1, -0.05) is 105 Å². The van der Waals surface area contributed by atoms with Crippen molar-refractivity contribution in [2.45, 2.75) is 31.6 Å². The van der Waals surface area contributed by atoms with Gasteiger partial charge in [-0.05, 0) is 105 Å². The van der Waals surface area contributed by atoms with Crippen molar-refractivity contribution in [1.29, 1.82) is 0 Å². The molecule has 0 aliphatic heterocycles. The number of furan rings is 2. The van der Waals surface area contributed by atoms with Crippen LogP contribution >= 0.6 is 0 Å². The van der Waals surface area contributed by atoms with Crippen LogP contribution in [0.1, 0.15) is 48.6 Å². The minimum atomic E-state index is -0.456. The maximum atomic E-state index is 6.84. The minimum Gasteiger partial charge on any atom is -0.456 e. The van der Waals surface area contributed by atoms with Gasteiger partial charge in [0.05, 0.1) is 5.41 Å². The number of fused-ring (bicyclic) bond motifs is 17. The summed E-state index contributed by atoms with van der Waals surface area (Å²) in [7, 11) is 0. The summed E-state index contributed by atoms with van der Waals surface area (Å²) < 4.78 is 13.7. The van der Waals surface area contributed by atoms with Gasteiger partial charge in [0, 0.05) is 38.1 Å². The van der Waals surface area contributed by atoms with Gasteiger partial charge in [0.1, 0.15) is 22.3 Å². The molecular weight excluding hydrogens is 597 g/mol. The van der Waals surface area contributed by atoms with E-state index in [-0.39, 0.29) is 5.41 Å². The summed E-state index contributed by atoms with van der Waals surface area (Å²) in [6.07, 6.45) is 0. The van der Waals surface area contributed by atoms with E-state index in [0.717, 1.165) is 43.9 Å².